The number of hydrogen-bond acceptors (Lipinski definition) is 18. The molecule has 6 rings (SSSR count). The molecule has 21 nitrogen and oxygen atoms in total. The van der Waals surface area contributed by atoms with Crippen LogP contribution in [0.2, 0.25) is 0 Å². The number of aromatic nitrogens is 6. The lowest BCUT2D eigenvalue weighted by Crippen LogP contribution is -2.27. The van der Waals surface area contributed by atoms with Gasteiger partial charge < -0.3 is 31.1 Å². The maximum atomic E-state index is 12.6. The van der Waals surface area contributed by atoms with Gasteiger partial charge in [0.05, 0.1) is 11.4 Å². The van der Waals surface area contributed by atoms with Crippen LogP contribution in [0.25, 0.3) is 12.2 Å². The third-order valence-corrected chi connectivity index (χ3v) is 11.5. The third-order valence-electron chi connectivity index (χ3n) is 8.95. The number of anilines is 10. The van der Waals surface area contributed by atoms with Crippen LogP contribution in [0.4, 0.5) is 58.4 Å². The highest BCUT2D eigenvalue weighted by molar-refractivity contribution is 7.86. The molecule has 330 valence electrons. The van der Waals surface area contributed by atoms with E-state index in [-0.39, 0.29) is 58.1 Å². The maximum Gasteiger partial charge on any atom is 0.296 e. The quantitative estimate of drug-likeness (QED) is 0.0397. The average molecular weight is 919 g/mol. The van der Waals surface area contributed by atoms with Gasteiger partial charge in [0.15, 0.2) is 0 Å². The van der Waals surface area contributed by atoms with Crippen LogP contribution in [-0.2, 0) is 30.4 Å². The van der Waals surface area contributed by atoms with Gasteiger partial charge in [-0.15, -0.1) is 0 Å². The first kappa shape index (κ1) is 45.7. The van der Waals surface area contributed by atoms with Gasteiger partial charge in [-0.1, -0.05) is 54.6 Å². The molecule has 6 aromatic rings. The summed E-state index contributed by atoms with van der Waals surface area (Å²) < 4.78 is 102. The van der Waals surface area contributed by atoms with Gasteiger partial charge >= 0.3 is 0 Å². The molecule has 0 aliphatic rings. The van der Waals surface area contributed by atoms with Crippen LogP contribution in [0.5, 0.6) is 0 Å². The van der Waals surface area contributed by atoms with Crippen molar-refractivity contribution in [2.75, 3.05) is 64.0 Å². The van der Waals surface area contributed by atoms with Crippen LogP contribution < -0.4 is 31.1 Å². The summed E-state index contributed by atoms with van der Waals surface area (Å²) in [4.78, 5) is 28.7. The van der Waals surface area contributed by atoms with Crippen molar-refractivity contribution in [3.8, 4) is 0 Å². The molecule has 0 radical (unpaired) electrons. The van der Waals surface area contributed by atoms with Gasteiger partial charge in [0, 0.05) is 44.2 Å². The second kappa shape index (κ2) is 19.1. The molecule has 0 atom stereocenters. The first-order valence-corrected chi connectivity index (χ1v) is 23.2. The van der Waals surface area contributed by atoms with Crippen molar-refractivity contribution < 1.29 is 38.9 Å². The second-order valence-corrected chi connectivity index (χ2v) is 18.2. The summed E-state index contributed by atoms with van der Waals surface area (Å²) >= 11 is 0. The molecule has 7 N–H and O–H groups in total. The summed E-state index contributed by atoms with van der Waals surface area (Å²) in [6, 6.07) is 24.5. The van der Waals surface area contributed by atoms with E-state index in [1.54, 1.807) is 48.2 Å². The van der Waals surface area contributed by atoms with Crippen molar-refractivity contribution >= 4 is 101 Å². The minimum atomic E-state index is -4.71. The van der Waals surface area contributed by atoms with Crippen LogP contribution >= 0.6 is 0 Å². The minimum absolute atomic E-state index is 0.0390. The first-order chi connectivity index (χ1) is 29.7. The molecule has 24 heteroatoms. The van der Waals surface area contributed by atoms with Gasteiger partial charge in [-0.25, -0.2) is 0 Å². The first-order valence-electron chi connectivity index (χ1n) is 18.7. The Labute approximate surface area is 363 Å². The van der Waals surface area contributed by atoms with Gasteiger partial charge in [-0.2, -0.15) is 55.2 Å². The average Bonchev–Trinajstić information content (AvgIpc) is 3.21. The van der Waals surface area contributed by atoms with E-state index >= 15 is 0 Å². The molecule has 0 aliphatic heterocycles. The second-order valence-electron chi connectivity index (χ2n) is 13.8. The number of benzene rings is 4. The fraction of sp³-hybridized carbons (Fsp3) is 0.179. The molecular weight excluding hydrogens is 877 g/mol. The van der Waals surface area contributed by atoms with Crippen molar-refractivity contribution in [2.45, 2.75) is 23.6 Å². The Morgan fingerprint density at radius 2 is 1.10 bits per heavy atom. The van der Waals surface area contributed by atoms with E-state index < -0.39 is 41.0 Å². The SMILES string of the molecule is CCN(C)c1nc(Nc2ccccc2)nc(Nc2ccc(/C=C/c3ccc(Nc4nc(Nc5cc(C)ccc5S(=O)(=O)O)nc(N(C)CCS(=O)(=O)O)n4)cc3)c(S(=O)(=O)O)c2)n1. The largest absolute Gasteiger partial charge is 0.344 e. The molecule has 0 bridgehead atoms. The molecule has 2 heterocycles. The van der Waals surface area contributed by atoms with Crippen molar-refractivity contribution in [3.05, 3.63) is 108 Å². The lowest BCUT2D eigenvalue weighted by Gasteiger charge is -2.18. The maximum absolute atomic E-state index is 12.6. The van der Waals surface area contributed by atoms with E-state index in [1.807, 2.05) is 44.3 Å². The fourth-order valence-corrected chi connectivity index (χ4v) is 7.46. The van der Waals surface area contributed by atoms with Crippen LogP contribution in [0, 0.1) is 6.92 Å². The van der Waals surface area contributed by atoms with Crippen LogP contribution in [0.1, 0.15) is 23.6 Å². The molecule has 2 aromatic heterocycles. The standard InChI is InChI=1S/C39H42N12O9S3/c1-5-50(3)38-46-34(40-28-9-7-6-8-10-28)44-36(47-38)42-30-19-16-27(33(24-30)63(58,59)60)15-12-26-13-17-29(18-14-26)41-35-45-37(49-39(48-35)51(4)21-22-61(52,53)54)43-31-23-25(2)11-20-32(31)62(55,56)57/h6-20,23-24H,5,21-22H2,1-4H3,(H,52,53,54)(H,55,56,57)(H,58,59,60)(H2,40,42,44,46,47)(H2,41,43,45,48,49)/b15-12+. The zero-order chi connectivity index (χ0) is 45.5. The van der Waals surface area contributed by atoms with Gasteiger partial charge in [0.1, 0.15) is 9.79 Å². The third kappa shape index (κ3) is 12.9. The predicted molar refractivity (Wildman–Crippen MR) is 240 cm³/mol. The lowest BCUT2D eigenvalue weighted by molar-refractivity contribution is 0.480. The molecule has 0 fully saturated rings. The molecule has 0 saturated carbocycles. The molecule has 0 saturated heterocycles. The molecule has 4 aromatic carbocycles. The van der Waals surface area contributed by atoms with Crippen LogP contribution in [0.3, 0.4) is 0 Å². The summed E-state index contributed by atoms with van der Waals surface area (Å²) in [5, 5.41) is 11.9. The van der Waals surface area contributed by atoms with E-state index in [4.69, 9.17) is 0 Å². The van der Waals surface area contributed by atoms with Gasteiger partial charge in [0.25, 0.3) is 30.4 Å². The molecule has 0 amide bonds. The highest BCUT2D eigenvalue weighted by atomic mass is 32.2. The number of hydrogen-bond donors (Lipinski definition) is 7. The number of nitrogens with one attached hydrogen (secondary N) is 4. The molecule has 0 aliphatic carbocycles. The number of rotatable bonds is 18. The van der Waals surface area contributed by atoms with E-state index in [0.717, 1.165) is 5.69 Å². The summed E-state index contributed by atoms with van der Waals surface area (Å²) in [6.07, 6.45) is 3.14. The van der Waals surface area contributed by atoms with Crippen molar-refractivity contribution in [2.24, 2.45) is 0 Å². The number of para-hydroxylation sites is 1. The van der Waals surface area contributed by atoms with Gasteiger partial charge in [-0.05, 0) is 79.1 Å². The summed E-state index contributed by atoms with van der Waals surface area (Å²) in [6.45, 7) is 4.02. The normalized spacial score (nSPS) is 11.9. The number of nitrogens with zero attached hydrogens (tertiary/aromatic N) is 8. The Hall–Kier alpha value is -6.83. The predicted octanol–water partition coefficient (Wildman–Crippen LogP) is 5.78. The smallest absolute Gasteiger partial charge is 0.296 e. The van der Waals surface area contributed by atoms with E-state index in [0.29, 0.717) is 29.3 Å². The fourth-order valence-electron chi connectivity index (χ4n) is 5.62. The van der Waals surface area contributed by atoms with Crippen molar-refractivity contribution in [1.82, 2.24) is 29.9 Å². The Morgan fingerprint density at radius 1 is 0.571 bits per heavy atom. The molecule has 63 heavy (non-hydrogen) atoms. The van der Waals surface area contributed by atoms with Gasteiger partial charge in [0.2, 0.25) is 35.7 Å². The van der Waals surface area contributed by atoms with E-state index in [2.05, 4.69) is 51.2 Å². The van der Waals surface area contributed by atoms with Crippen molar-refractivity contribution in [3.63, 3.8) is 0 Å². The minimum Gasteiger partial charge on any atom is -0.344 e. The molecular formula is C39H42N12O9S3. The Bertz CT molecular complexity index is 2980. The van der Waals surface area contributed by atoms with E-state index in [1.165, 1.54) is 48.4 Å². The van der Waals surface area contributed by atoms with Crippen LogP contribution in [-0.4, -0.2) is 102 Å². The zero-order valence-corrected chi connectivity index (χ0v) is 36.5. The van der Waals surface area contributed by atoms with Crippen LogP contribution in [0.15, 0.2) is 101 Å². The Balaban J connectivity index is 1.23. The monoisotopic (exact) mass is 918 g/mol. The Kier molecular flexibility index (Phi) is 13.8. The number of aryl methyl sites for hydroxylation is 1. The summed E-state index contributed by atoms with van der Waals surface area (Å²) in [5.74, 6) is -0.173. The van der Waals surface area contributed by atoms with Crippen molar-refractivity contribution in [1.29, 1.82) is 0 Å². The topological polar surface area (TPSA) is 295 Å². The summed E-state index contributed by atoms with van der Waals surface area (Å²) in [5.41, 5.74) is 2.91. The summed E-state index contributed by atoms with van der Waals surface area (Å²) in [7, 11) is -10.4. The zero-order valence-electron chi connectivity index (χ0n) is 34.0. The highest BCUT2D eigenvalue weighted by Crippen LogP contribution is 2.29. The van der Waals surface area contributed by atoms with Gasteiger partial charge in [-0.3, -0.25) is 13.7 Å². The highest BCUT2D eigenvalue weighted by Gasteiger charge is 2.20. The molecule has 0 unspecified atom stereocenters. The lowest BCUT2D eigenvalue weighted by atomic mass is 10.1. The van der Waals surface area contributed by atoms with E-state index in [9.17, 15) is 38.9 Å². The Morgan fingerprint density at radius 3 is 1.65 bits per heavy atom. The molecule has 0 spiro atoms.